The highest BCUT2D eigenvalue weighted by Gasteiger charge is 2.47. The number of benzene rings is 2. The monoisotopic (exact) mass is 804 g/mol. The maximum atomic E-state index is 14.0. The molecule has 0 aromatic heterocycles. The Kier molecular flexibility index (Phi) is 12.3. The van der Waals surface area contributed by atoms with Crippen molar-refractivity contribution in [2.24, 2.45) is 4.99 Å². The van der Waals surface area contributed by atoms with Gasteiger partial charge in [-0.2, -0.15) is 0 Å². The molecule has 1 unspecified atom stereocenters. The van der Waals surface area contributed by atoms with Crippen molar-refractivity contribution in [2.45, 2.75) is 94.7 Å². The molecule has 300 valence electrons. The van der Waals surface area contributed by atoms with Gasteiger partial charge < -0.3 is 33.9 Å². The summed E-state index contributed by atoms with van der Waals surface area (Å²) in [7, 11) is 5.06. The number of hydrogen-bond donors (Lipinski definition) is 1. The molecule has 5 aliphatic rings. The van der Waals surface area contributed by atoms with Gasteiger partial charge in [0.15, 0.2) is 17.7 Å². The molecule has 7 rings (SSSR count). The molecule has 56 heavy (non-hydrogen) atoms. The molecule has 4 aliphatic heterocycles. The normalized spacial score (nSPS) is 22.4. The van der Waals surface area contributed by atoms with Crippen LogP contribution in [0.4, 0.5) is 16.2 Å². The van der Waals surface area contributed by atoms with Crippen LogP contribution < -0.4 is 19.1 Å². The van der Waals surface area contributed by atoms with Crippen LogP contribution >= 0.6 is 21.6 Å². The van der Waals surface area contributed by atoms with Crippen molar-refractivity contribution in [1.29, 1.82) is 0 Å². The number of amides is 3. The molecule has 0 bridgehead atoms. The minimum atomic E-state index is -1.35. The van der Waals surface area contributed by atoms with E-state index in [4.69, 9.17) is 18.9 Å². The van der Waals surface area contributed by atoms with Gasteiger partial charge >= 0.3 is 6.09 Å². The molecule has 2 aromatic rings. The van der Waals surface area contributed by atoms with E-state index in [1.807, 2.05) is 30.2 Å². The number of fused-ring (bicyclic) bond motifs is 4. The Bertz CT molecular complexity index is 1910. The fourth-order valence-corrected chi connectivity index (χ4v) is 10.9. The van der Waals surface area contributed by atoms with Crippen molar-refractivity contribution in [2.75, 3.05) is 50.7 Å². The molecule has 0 spiro atoms. The number of anilines is 1. The maximum absolute atomic E-state index is 14.0. The second-order valence-electron chi connectivity index (χ2n) is 15.3. The fourth-order valence-electron chi connectivity index (χ4n) is 8.26. The zero-order valence-electron chi connectivity index (χ0n) is 32.5. The molecule has 1 N–H and O–H groups in total. The molecule has 1 saturated carbocycles. The SMILES string of the molecule is C=C1C[C@H]2C=Nc3cc(OCCCCCOc4cc5c(cc4OC)C(=O)N4CC(=C)C[C@H]4C(O)N5C(=O)OCC4(SSCC)CCCC4)c(C)cc3C(=O)N2C1. The van der Waals surface area contributed by atoms with Crippen molar-refractivity contribution in [3.63, 3.8) is 0 Å². The molecule has 4 heterocycles. The zero-order chi connectivity index (χ0) is 39.6. The van der Waals surface area contributed by atoms with Crippen molar-refractivity contribution in [3.8, 4) is 17.2 Å². The summed E-state index contributed by atoms with van der Waals surface area (Å²) in [6.45, 7) is 14.1. The Morgan fingerprint density at radius 3 is 2.36 bits per heavy atom. The van der Waals surface area contributed by atoms with Gasteiger partial charge in [-0.3, -0.25) is 14.6 Å². The number of hydrogen-bond acceptors (Lipinski definition) is 11. The van der Waals surface area contributed by atoms with Crippen LogP contribution in [0.3, 0.4) is 0 Å². The number of carbonyl (C=O) groups is 3. The smallest absolute Gasteiger partial charge is 0.416 e. The van der Waals surface area contributed by atoms with Gasteiger partial charge in [-0.25, -0.2) is 9.69 Å². The van der Waals surface area contributed by atoms with Crippen LogP contribution in [0, 0.1) is 6.92 Å². The lowest BCUT2D eigenvalue weighted by molar-refractivity contribution is 0.0484. The summed E-state index contributed by atoms with van der Waals surface area (Å²) in [5.74, 6) is 2.01. The summed E-state index contributed by atoms with van der Waals surface area (Å²) in [4.78, 5) is 50.5. The lowest BCUT2D eigenvalue weighted by atomic mass is 10.1. The van der Waals surface area contributed by atoms with Gasteiger partial charge in [-0.05, 0) is 69.6 Å². The van der Waals surface area contributed by atoms with E-state index in [9.17, 15) is 19.5 Å². The lowest BCUT2D eigenvalue weighted by Crippen LogP contribution is -2.51. The first-order chi connectivity index (χ1) is 27.0. The van der Waals surface area contributed by atoms with E-state index in [0.717, 1.165) is 67.4 Å². The number of aryl methyl sites for hydroxylation is 1. The molecule has 12 nitrogen and oxygen atoms in total. The van der Waals surface area contributed by atoms with Crippen LogP contribution in [0.2, 0.25) is 0 Å². The summed E-state index contributed by atoms with van der Waals surface area (Å²) in [5.41, 5.74) is 4.36. The van der Waals surface area contributed by atoms with E-state index in [1.165, 1.54) is 12.0 Å². The summed E-state index contributed by atoms with van der Waals surface area (Å²) < 4.78 is 23.9. The number of methoxy groups -OCH3 is 1. The first-order valence-corrected chi connectivity index (χ1v) is 21.9. The minimum absolute atomic E-state index is 0.0302. The number of aliphatic hydroxyl groups excluding tert-OH is 1. The van der Waals surface area contributed by atoms with E-state index < -0.39 is 18.4 Å². The van der Waals surface area contributed by atoms with E-state index in [0.29, 0.717) is 61.1 Å². The predicted octanol–water partition coefficient (Wildman–Crippen LogP) is 7.88. The molecule has 2 saturated heterocycles. The second-order valence-corrected chi connectivity index (χ2v) is 18.4. The Hall–Kier alpha value is -4.14. The quantitative estimate of drug-likeness (QED) is 0.114. The molecular weight excluding hydrogens is 753 g/mol. The van der Waals surface area contributed by atoms with Gasteiger partial charge in [-0.1, -0.05) is 65.7 Å². The average Bonchev–Trinajstić information content (AvgIpc) is 3.90. The standard InChI is InChI=1S/C42H52N4O8S2/c1-6-55-56-42(12-8-9-13-42)25-54-41(50)46-33-21-37(36(51-5)19-31(33)39(48)45-24-27(3)17-34(45)40(46)49)53-15-11-7-10-14-52-35-20-32-30(18-28(35)4)38(47)44-23-26(2)16-29(44)22-43-32/h18-22,29,34,40,49H,2-3,6-17,23-25H2,1,4-5H3/t29-,34-,40?/m0/s1. The van der Waals surface area contributed by atoms with Crippen molar-refractivity contribution < 1.29 is 38.4 Å². The summed E-state index contributed by atoms with van der Waals surface area (Å²) >= 11 is 0. The first kappa shape index (κ1) is 40.1. The van der Waals surface area contributed by atoms with Crippen LogP contribution in [0.25, 0.3) is 0 Å². The molecule has 3 fully saturated rings. The van der Waals surface area contributed by atoms with Gasteiger partial charge in [0.1, 0.15) is 12.4 Å². The first-order valence-electron chi connectivity index (χ1n) is 19.6. The molecule has 14 heteroatoms. The van der Waals surface area contributed by atoms with Crippen LogP contribution in [-0.2, 0) is 4.74 Å². The number of carbonyl (C=O) groups excluding carboxylic acids is 3. The molecule has 3 atom stereocenters. The highest BCUT2D eigenvalue weighted by atomic mass is 33.1. The Morgan fingerprint density at radius 1 is 0.929 bits per heavy atom. The third-order valence-corrected chi connectivity index (χ3v) is 14.6. The Morgan fingerprint density at radius 2 is 1.62 bits per heavy atom. The Labute approximate surface area is 337 Å². The van der Waals surface area contributed by atoms with Crippen LogP contribution in [0.5, 0.6) is 17.2 Å². The zero-order valence-corrected chi connectivity index (χ0v) is 34.2. The average molecular weight is 805 g/mol. The molecule has 2 aromatic carbocycles. The fraction of sp³-hybridized carbons (Fsp3) is 0.524. The highest BCUT2D eigenvalue weighted by molar-refractivity contribution is 8.77. The molecule has 0 radical (unpaired) electrons. The van der Waals surface area contributed by atoms with E-state index in [1.54, 1.807) is 38.6 Å². The predicted molar refractivity (Wildman–Crippen MR) is 221 cm³/mol. The van der Waals surface area contributed by atoms with Crippen LogP contribution in [0.15, 0.2) is 53.6 Å². The maximum Gasteiger partial charge on any atom is 0.416 e. The summed E-state index contributed by atoms with van der Waals surface area (Å²) in [5, 5.41) is 11.8. The summed E-state index contributed by atoms with van der Waals surface area (Å²) in [6, 6.07) is 6.18. The number of aliphatic hydroxyl groups is 1. The van der Waals surface area contributed by atoms with E-state index in [2.05, 4.69) is 25.1 Å². The highest BCUT2D eigenvalue weighted by Crippen LogP contribution is 2.48. The van der Waals surface area contributed by atoms with Gasteiger partial charge in [0.2, 0.25) is 0 Å². The van der Waals surface area contributed by atoms with Crippen molar-refractivity contribution in [1.82, 2.24) is 9.80 Å². The molecule has 3 amide bonds. The van der Waals surface area contributed by atoms with Gasteiger partial charge in [0, 0.05) is 37.2 Å². The Balaban J connectivity index is 0.998. The topological polar surface area (TPSA) is 130 Å². The van der Waals surface area contributed by atoms with Gasteiger partial charge in [0.25, 0.3) is 11.8 Å². The number of aliphatic imine (C=N–C) groups is 1. The van der Waals surface area contributed by atoms with Crippen molar-refractivity contribution in [3.05, 3.63) is 65.3 Å². The number of unbranched alkanes of at least 4 members (excludes halogenated alkanes) is 2. The van der Waals surface area contributed by atoms with Crippen molar-refractivity contribution >= 4 is 57.1 Å². The van der Waals surface area contributed by atoms with Crippen LogP contribution in [0.1, 0.15) is 91.0 Å². The second kappa shape index (κ2) is 17.2. The van der Waals surface area contributed by atoms with Gasteiger partial charge in [0.05, 0.1) is 59.7 Å². The number of rotatable bonds is 14. The lowest BCUT2D eigenvalue weighted by Gasteiger charge is -2.33. The third kappa shape index (κ3) is 8.15. The largest absolute Gasteiger partial charge is 0.493 e. The van der Waals surface area contributed by atoms with Gasteiger partial charge in [-0.15, -0.1) is 0 Å². The summed E-state index contributed by atoms with van der Waals surface area (Å²) in [6.07, 6.45) is 7.23. The third-order valence-electron chi connectivity index (χ3n) is 11.2. The molecular formula is C42H52N4O8S2. The van der Waals surface area contributed by atoms with E-state index in [-0.39, 0.29) is 47.0 Å². The number of ether oxygens (including phenoxy) is 4. The van der Waals surface area contributed by atoms with E-state index >= 15 is 0 Å². The van der Waals surface area contributed by atoms with Crippen LogP contribution in [-0.4, -0.2) is 108 Å². The number of nitrogens with zero attached hydrogens (tertiary/aromatic N) is 4. The minimum Gasteiger partial charge on any atom is -0.493 e. The molecule has 1 aliphatic carbocycles.